The normalized spacial score (nSPS) is 26.2. The van der Waals surface area contributed by atoms with Crippen LogP contribution in [0.15, 0.2) is 36.7 Å². The number of nitrogens with zero attached hydrogens (tertiary/aromatic N) is 4. The number of aliphatic hydroxyl groups is 1. The Hall–Kier alpha value is -2.80. The second-order valence-electron chi connectivity index (χ2n) is 7.83. The third-order valence-corrected chi connectivity index (χ3v) is 5.82. The molecule has 0 saturated heterocycles. The Morgan fingerprint density at radius 3 is 2.73 bits per heavy atom. The SMILES string of the molecule is Cn1cc(-c2ccc3nnc(NC(=O)C45CC(CO)(C4)C5)cc3c2)cn1. The molecule has 3 aliphatic carbocycles. The van der Waals surface area contributed by atoms with Gasteiger partial charge >= 0.3 is 0 Å². The third kappa shape index (κ3) is 2.17. The molecule has 6 rings (SSSR count). The number of nitrogens with one attached hydrogen (secondary N) is 1. The molecule has 1 amide bonds. The Morgan fingerprint density at radius 1 is 1.23 bits per heavy atom. The van der Waals surface area contributed by atoms with E-state index in [0.717, 1.165) is 41.3 Å². The number of aliphatic hydroxyl groups excluding tert-OH is 1. The summed E-state index contributed by atoms with van der Waals surface area (Å²) in [7, 11) is 1.88. The van der Waals surface area contributed by atoms with Gasteiger partial charge in [0, 0.05) is 30.8 Å². The van der Waals surface area contributed by atoms with Crippen molar-refractivity contribution in [1.82, 2.24) is 20.0 Å². The zero-order chi connectivity index (χ0) is 17.9. The van der Waals surface area contributed by atoms with Crippen LogP contribution in [0.5, 0.6) is 0 Å². The summed E-state index contributed by atoms with van der Waals surface area (Å²) < 4.78 is 1.76. The molecule has 2 aromatic heterocycles. The van der Waals surface area contributed by atoms with Crippen molar-refractivity contribution in [2.45, 2.75) is 19.3 Å². The van der Waals surface area contributed by atoms with Gasteiger partial charge in [-0.05, 0) is 48.4 Å². The van der Waals surface area contributed by atoms with Crippen LogP contribution < -0.4 is 5.32 Å². The number of anilines is 1. The van der Waals surface area contributed by atoms with E-state index in [2.05, 4.69) is 20.6 Å². The molecule has 7 nitrogen and oxygen atoms in total. The van der Waals surface area contributed by atoms with Crippen LogP contribution in [0.2, 0.25) is 0 Å². The molecule has 0 unspecified atom stereocenters. The van der Waals surface area contributed by atoms with Crippen LogP contribution in [0, 0.1) is 10.8 Å². The predicted molar refractivity (Wildman–Crippen MR) is 96.2 cm³/mol. The van der Waals surface area contributed by atoms with E-state index in [4.69, 9.17) is 0 Å². The van der Waals surface area contributed by atoms with E-state index in [0.29, 0.717) is 5.82 Å². The number of fused-ring (bicyclic) bond motifs is 1. The van der Waals surface area contributed by atoms with Gasteiger partial charge in [0.2, 0.25) is 5.91 Å². The lowest BCUT2D eigenvalue weighted by atomic mass is 9.35. The number of rotatable bonds is 4. The molecule has 0 radical (unpaired) electrons. The predicted octanol–water partition coefficient (Wildman–Crippen LogP) is 2.13. The second-order valence-corrected chi connectivity index (χ2v) is 7.83. The zero-order valence-corrected chi connectivity index (χ0v) is 14.4. The Kier molecular flexibility index (Phi) is 3.04. The maximum absolute atomic E-state index is 12.6. The minimum Gasteiger partial charge on any atom is -0.396 e. The monoisotopic (exact) mass is 349 g/mol. The van der Waals surface area contributed by atoms with E-state index in [1.54, 1.807) is 4.68 Å². The standard InChI is InChI=1S/C19H19N5O2/c1-24-7-14(6-20-24)12-2-3-15-13(4-12)5-16(23-22-15)21-17(26)19-8-18(9-19,10-19)11-25/h2-7,25H,8-11H2,1H3,(H,21,23,26). The van der Waals surface area contributed by atoms with Gasteiger partial charge in [0.25, 0.3) is 0 Å². The highest BCUT2D eigenvalue weighted by atomic mass is 16.3. The number of hydrogen-bond donors (Lipinski definition) is 2. The van der Waals surface area contributed by atoms with Crippen LogP contribution in [0.25, 0.3) is 22.0 Å². The van der Waals surface area contributed by atoms with Crippen molar-refractivity contribution in [2.75, 3.05) is 11.9 Å². The smallest absolute Gasteiger partial charge is 0.231 e. The van der Waals surface area contributed by atoms with Crippen LogP contribution in [0.4, 0.5) is 5.82 Å². The van der Waals surface area contributed by atoms with Gasteiger partial charge in [0.15, 0.2) is 5.82 Å². The summed E-state index contributed by atoms with van der Waals surface area (Å²) in [6.45, 7) is 0.176. The van der Waals surface area contributed by atoms with Gasteiger partial charge in [-0.15, -0.1) is 10.2 Å². The number of carbonyl (C=O) groups excluding carboxylic acids is 1. The topological polar surface area (TPSA) is 92.9 Å². The molecule has 2 bridgehead atoms. The summed E-state index contributed by atoms with van der Waals surface area (Å²) >= 11 is 0. The Labute approximate surface area is 150 Å². The fourth-order valence-corrected chi connectivity index (χ4v) is 4.51. The molecule has 0 spiro atoms. The van der Waals surface area contributed by atoms with Crippen molar-refractivity contribution in [3.05, 3.63) is 36.7 Å². The lowest BCUT2D eigenvalue weighted by Gasteiger charge is -2.68. The summed E-state index contributed by atoms with van der Waals surface area (Å²) in [4.78, 5) is 12.6. The average Bonchev–Trinajstić information content (AvgIpc) is 2.99. The van der Waals surface area contributed by atoms with Crippen LogP contribution in [0.1, 0.15) is 19.3 Å². The first-order chi connectivity index (χ1) is 12.5. The minimum absolute atomic E-state index is 0.00498. The van der Waals surface area contributed by atoms with Gasteiger partial charge in [-0.1, -0.05) is 6.07 Å². The Bertz CT molecular complexity index is 1020. The van der Waals surface area contributed by atoms with E-state index in [1.165, 1.54) is 0 Å². The molecule has 0 aliphatic heterocycles. The average molecular weight is 349 g/mol. The summed E-state index contributed by atoms with van der Waals surface area (Å²) in [6, 6.07) is 7.79. The maximum Gasteiger partial charge on any atom is 0.231 e. The number of aryl methyl sites for hydroxylation is 1. The van der Waals surface area contributed by atoms with Gasteiger partial charge in [-0.3, -0.25) is 9.48 Å². The van der Waals surface area contributed by atoms with Gasteiger partial charge in [0.1, 0.15) is 0 Å². The number of aromatic nitrogens is 4. The number of benzene rings is 1. The van der Waals surface area contributed by atoms with E-state index in [9.17, 15) is 9.90 Å². The fourth-order valence-electron chi connectivity index (χ4n) is 4.51. The summed E-state index contributed by atoms with van der Waals surface area (Å²) in [6.07, 6.45) is 6.09. The molecule has 26 heavy (non-hydrogen) atoms. The molecule has 3 aromatic rings. The molecule has 2 N–H and O–H groups in total. The quantitative estimate of drug-likeness (QED) is 0.753. The van der Waals surface area contributed by atoms with Crippen LogP contribution in [0.3, 0.4) is 0 Å². The van der Waals surface area contributed by atoms with Crippen molar-refractivity contribution in [2.24, 2.45) is 17.9 Å². The summed E-state index contributed by atoms with van der Waals surface area (Å²) in [5, 5.41) is 25.7. The first kappa shape index (κ1) is 15.5. The molecule has 7 heteroatoms. The summed E-state index contributed by atoms with van der Waals surface area (Å²) in [5.74, 6) is 0.457. The molecular weight excluding hydrogens is 330 g/mol. The highest BCUT2D eigenvalue weighted by Gasteiger charge is 2.71. The van der Waals surface area contributed by atoms with Gasteiger partial charge in [-0.25, -0.2) is 0 Å². The maximum atomic E-state index is 12.6. The molecule has 1 aromatic carbocycles. The molecule has 2 heterocycles. The lowest BCUT2D eigenvalue weighted by Crippen LogP contribution is -2.68. The van der Waals surface area contributed by atoms with Crippen molar-refractivity contribution in [3.63, 3.8) is 0 Å². The van der Waals surface area contributed by atoms with Gasteiger partial charge in [0.05, 0.1) is 17.1 Å². The van der Waals surface area contributed by atoms with Crippen LogP contribution in [-0.2, 0) is 11.8 Å². The molecular formula is C19H19N5O2. The van der Waals surface area contributed by atoms with E-state index in [-0.39, 0.29) is 23.3 Å². The number of carbonyl (C=O) groups is 1. The van der Waals surface area contributed by atoms with E-state index >= 15 is 0 Å². The third-order valence-electron chi connectivity index (χ3n) is 5.82. The highest BCUT2D eigenvalue weighted by molar-refractivity contribution is 5.98. The Morgan fingerprint density at radius 2 is 2.04 bits per heavy atom. The lowest BCUT2D eigenvalue weighted by molar-refractivity contribution is -0.216. The van der Waals surface area contributed by atoms with Crippen molar-refractivity contribution in [3.8, 4) is 11.1 Å². The summed E-state index contributed by atoms with van der Waals surface area (Å²) in [5.41, 5.74) is 2.54. The fraction of sp³-hybridized carbons (Fsp3) is 0.368. The van der Waals surface area contributed by atoms with E-state index in [1.807, 2.05) is 43.7 Å². The minimum atomic E-state index is -0.309. The van der Waals surface area contributed by atoms with Gasteiger partial charge < -0.3 is 10.4 Å². The van der Waals surface area contributed by atoms with Crippen molar-refractivity contribution < 1.29 is 9.90 Å². The first-order valence-electron chi connectivity index (χ1n) is 8.70. The molecule has 3 fully saturated rings. The zero-order valence-electron chi connectivity index (χ0n) is 14.4. The first-order valence-corrected chi connectivity index (χ1v) is 8.70. The van der Waals surface area contributed by atoms with Crippen LogP contribution >= 0.6 is 0 Å². The van der Waals surface area contributed by atoms with E-state index < -0.39 is 0 Å². The van der Waals surface area contributed by atoms with Crippen LogP contribution in [-0.4, -0.2) is 37.6 Å². The number of amides is 1. The Balaban J connectivity index is 1.40. The van der Waals surface area contributed by atoms with Gasteiger partial charge in [-0.2, -0.15) is 5.10 Å². The largest absolute Gasteiger partial charge is 0.396 e. The second kappa shape index (κ2) is 5.11. The number of hydrogen-bond acceptors (Lipinski definition) is 5. The molecule has 3 saturated carbocycles. The van der Waals surface area contributed by atoms with Crippen molar-refractivity contribution in [1.29, 1.82) is 0 Å². The molecule has 132 valence electrons. The molecule has 3 aliphatic rings. The van der Waals surface area contributed by atoms with Crippen molar-refractivity contribution >= 4 is 22.6 Å². The molecule has 0 atom stereocenters. The highest BCUT2D eigenvalue weighted by Crippen LogP contribution is 2.73.